The molecule has 0 atom stereocenters. The minimum absolute atomic E-state index is 0.137. The standard InChI is InChI=1S/C8H13NO3/c1-5-12-8(11)6(2)7(10)9(3)4/h2,5H2,1,3-4H3. The first-order valence-corrected chi connectivity index (χ1v) is 3.58. The third kappa shape index (κ3) is 2.74. The van der Waals surface area contributed by atoms with Gasteiger partial charge in [0.05, 0.1) is 6.61 Å². The summed E-state index contributed by atoms with van der Waals surface area (Å²) in [5.41, 5.74) is -0.137. The van der Waals surface area contributed by atoms with Crippen molar-refractivity contribution in [1.29, 1.82) is 0 Å². The van der Waals surface area contributed by atoms with Crippen LogP contribution in [0.1, 0.15) is 6.92 Å². The summed E-state index contributed by atoms with van der Waals surface area (Å²) in [6.07, 6.45) is 0. The van der Waals surface area contributed by atoms with E-state index in [0.717, 1.165) is 0 Å². The molecule has 0 heterocycles. The van der Waals surface area contributed by atoms with Crippen LogP contribution in [-0.4, -0.2) is 37.5 Å². The van der Waals surface area contributed by atoms with Crippen LogP contribution in [0.4, 0.5) is 0 Å². The van der Waals surface area contributed by atoms with E-state index in [-0.39, 0.29) is 12.2 Å². The highest BCUT2D eigenvalue weighted by atomic mass is 16.5. The summed E-state index contributed by atoms with van der Waals surface area (Å²) in [7, 11) is 3.10. The zero-order chi connectivity index (χ0) is 9.72. The van der Waals surface area contributed by atoms with Crippen molar-refractivity contribution in [3.8, 4) is 0 Å². The van der Waals surface area contributed by atoms with E-state index in [0.29, 0.717) is 0 Å². The maximum absolute atomic E-state index is 11.1. The number of hydrogen-bond donors (Lipinski definition) is 0. The molecule has 0 fully saturated rings. The lowest BCUT2D eigenvalue weighted by molar-refractivity contribution is -0.141. The van der Waals surface area contributed by atoms with Gasteiger partial charge in [-0.05, 0) is 6.92 Å². The fourth-order valence-electron chi connectivity index (χ4n) is 0.575. The molecule has 0 N–H and O–H groups in total. The van der Waals surface area contributed by atoms with Gasteiger partial charge in [-0.3, -0.25) is 4.79 Å². The molecule has 0 aromatic heterocycles. The zero-order valence-corrected chi connectivity index (χ0v) is 7.59. The van der Waals surface area contributed by atoms with Crippen molar-refractivity contribution in [3.63, 3.8) is 0 Å². The van der Waals surface area contributed by atoms with Crippen LogP contribution < -0.4 is 0 Å². The van der Waals surface area contributed by atoms with Gasteiger partial charge in [-0.25, -0.2) is 4.79 Å². The number of carbonyl (C=O) groups excluding carboxylic acids is 2. The van der Waals surface area contributed by atoms with Crippen LogP contribution in [0, 0.1) is 0 Å². The summed E-state index contributed by atoms with van der Waals surface area (Å²) in [5, 5.41) is 0. The molecule has 12 heavy (non-hydrogen) atoms. The Hall–Kier alpha value is -1.32. The third-order valence-electron chi connectivity index (χ3n) is 1.19. The van der Waals surface area contributed by atoms with E-state index < -0.39 is 11.9 Å². The maximum atomic E-state index is 11.1. The first kappa shape index (κ1) is 10.7. The largest absolute Gasteiger partial charge is 0.462 e. The molecule has 0 aliphatic carbocycles. The first-order chi connectivity index (χ1) is 5.50. The average molecular weight is 171 g/mol. The minimum Gasteiger partial charge on any atom is -0.462 e. The fraction of sp³-hybridized carbons (Fsp3) is 0.500. The molecule has 0 aliphatic rings. The zero-order valence-electron chi connectivity index (χ0n) is 7.59. The van der Waals surface area contributed by atoms with Crippen LogP contribution >= 0.6 is 0 Å². The summed E-state index contributed by atoms with van der Waals surface area (Å²) in [4.78, 5) is 23.3. The monoisotopic (exact) mass is 171 g/mol. The molecule has 0 saturated carbocycles. The predicted molar refractivity (Wildman–Crippen MR) is 44.5 cm³/mol. The normalized spacial score (nSPS) is 8.92. The summed E-state index contributed by atoms with van der Waals surface area (Å²) in [6.45, 7) is 5.25. The lowest BCUT2D eigenvalue weighted by Gasteiger charge is -2.10. The lowest BCUT2D eigenvalue weighted by Crippen LogP contribution is -2.27. The molecule has 0 bridgehead atoms. The van der Waals surface area contributed by atoms with Gasteiger partial charge in [0.2, 0.25) is 0 Å². The fourth-order valence-corrected chi connectivity index (χ4v) is 0.575. The van der Waals surface area contributed by atoms with Gasteiger partial charge in [-0.15, -0.1) is 0 Å². The molecule has 68 valence electrons. The van der Waals surface area contributed by atoms with Crippen molar-refractivity contribution in [2.45, 2.75) is 6.92 Å². The van der Waals surface area contributed by atoms with Gasteiger partial charge >= 0.3 is 5.97 Å². The molecular weight excluding hydrogens is 158 g/mol. The van der Waals surface area contributed by atoms with Gasteiger partial charge in [-0.1, -0.05) is 6.58 Å². The molecule has 0 unspecified atom stereocenters. The van der Waals surface area contributed by atoms with E-state index in [1.807, 2.05) is 0 Å². The number of carbonyl (C=O) groups is 2. The Kier molecular flexibility index (Phi) is 4.04. The molecule has 0 radical (unpaired) electrons. The molecule has 0 aromatic rings. The second-order valence-electron chi connectivity index (χ2n) is 2.40. The van der Waals surface area contributed by atoms with Crippen molar-refractivity contribution in [1.82, 2.24) is 4.90 Å². The maximum Gasteiger partial charge on any atom is 0.343 e. The number of esters is 1. The van der Waals surface area contributed by atoms with Gasteiger partial charge in [-0.2, -0.15) is 0 Å². The summed E-state index contributed by atoms with van der Waals surface area (Å²) in [6, 6.07) is 0. The van der Waals surface area contributed by atoms with Crippen LogP contribution in [0.3, 0.4) is 0 Å². The van der Waals surface area contributed by atoms with E-state index in [9.17, 15) is 9.59 Å². The van der Waals surface area contributed by atoms with E-state index in [4.69, 9.17) is 0 Å². The molecule has 4 heteroatoms. The molecule has 0 aliphatic heterocycles. The van der Waals surface area contributed by atoms with Crippen molar-refractivity contribution >= 4 is 11.9 Å². The number of nitrogens with zero attached hydrogens (tertiary/aromatic N) is 1. The Bertz CT molecular complexity index is 208. The quantitative estimate of drug-likeness (QED) is 0.263. The van der Waals surface area contributed by atoms with Crippen molar-refractivity contribution in [2.75, 3.05) is 20.7 Å². The predicted octanol–water partition coefficient (Wildman–Crippen LogP) is 0.194. The molecule has 1 amide bonds. The highest BCUT2D eigenvalue weighted by Crippen LogP contribution is 1.98. The third-order valence-corrected chi connectivity index (χ3v) is 1.19. The number of likely N-dealkylation sites (N-methyl/N-ethyl adjacent to an activating group) is 1. The highest BCUT2D eigenvalue weighted by molar-refractivity contribution is 6.15. The van der Waals surface area contributed by atoms with Crippen LogP contribution in [-0.2, 0) is 14.3 Å². The van der Waals surface area contributed by atoms with Gasteiger partial charge in [0, 0.05) is 14.1 Å². The Balaban J connectivity index is 4.20. The number of amides is 1. The molecule has 0 rings (SSSR count). The van der Waals surface area contributed by atoms with Crippen LogP contribution in [0.25, 0.3) is 0 Å². The molecular formula is C8H13NO3. The van der Waals surface area contributed by atoms with E-state index in [2.05, 4.69) is 11.3 Å². The SMILES string of the molecule is C=C(C(=O)OCC)C(=O)N(C)C. The van der Waals surface area contributed by atoms with Crippen LogP contribution in [0.5, 0.6) is 0 Å². The Morgan fingerprint density at radius 2 is 1.92 bits per heavy atom. The van der Waals surface area contributed by atoms with E-state index in [1.165, 1.54) is 4.90 Å². The second-order valence-corrected chi connectivity index (χ2v) is 2.40. The highest BCUT2D eigenvalue weighted by Gasteiger charge is 2.17. The number of rotatable bonds is 3. The first-order valence-electron chi connectivity index (χ1n) is 3.58. The smallest absolute Gasteiger partial charge is 0.343 e. The Labute approximate surface area is 71.8 Å². The van der Waals surface area contributed by atoms with Crippen molar-refractivity contribution < 1.29 is 14.3 Å². The van der Waals surface area contributed by atoms with Gasteiger partial charge in [0.15, 0.2) is 0 Å². The van der Waals surface area contributed by atoms with E-state index >= 15 is 0 Å². The van der Waals surface area contributed by atoms with Gasteiger partial charge in [0.1, 0.15) is 5.57 Å². The minimum atomic E-state index is -0.656. The average Bonchev–Trinajstić information content (AvgIpc) is 2.02. The Morgan fingerprint density at radius 3 is 2.25 bits per heavy atom. The molecule has 0 spiro atoms. The molecule has 0 aromatic carbocycles. The van der Waals surface area contributed by atoms with Gasteiger partial charge in [0.25, 0.3) is 5.91 Å². The van der Waals surface area contributed by atoms with Crippen molar-refractivity contribution in [3.05, 3.63) is 12.2 Å². The lowest BCUT2D eigenvalue weighted by atomic mass is 10.3. The van der Waals surface area contributed by atoms with E-state index in [1.54, 1.807) is 21.0 Å². The molecule has 4 nitrogen and oxygen atoms in total. The molecule has 0 saturated heterocycles. The number of hydrogen-bond acceptors (Lipinski definition) is 3. The Morgan fingerprint density at radius 1 is 1.42 bits per heavy atom. The summed E-state index contributed by atoms with van der Waals surface area (Å²) >= 11 is 0. The van der Waals surface area contributed by atoms with Crippen LogP contribution in [0.15, 0.2) is 12.2 Å². The topological polar surface area (TPSA) is 46.6 Å². The summed E-state index contributed by atoms with van der Waals surface area (Å²) < 4.78 is 4.59. The van der Waals surface area contributed by atoms with Crippen LogP contribution in [0.2, 0.25) is 0 Å². The van der Waals surface area contributed by atoms with Gasteiger partial charge < -0.3 is 9.64 Å². The second kappa shape index (κ2) is 4.54. The summed E-state index contributed by atoms with van der Waals surface area (Å²) in [5.74, 6) is -1.08. The number of ether oxygens (including phenoxy) is 1. The van der Waals surface area contributed by atoms with Crippen molar-refractivity contribution in [2.24, 2.45) is 0 Å².